The molecular weight excluding hydrogens is 883 g/mol. The lowest BCUT2D eigenvalue weighted by molar-refractivity contribution is -0.150. The van der Waals surface area contributed by atoms with Crippen molar-refractivity contribution in [3.05, 3.63) is 53.1 Å². The van der Waals surface area contributed by atoms with Gasteiger partial charge in [0.25, 0.3) is 0 Å². The lowest BCUT2D eigenvalue weighted by atomic mass is 10.00. The van der Waals surface area contributed by atoms with E-state index in [4.69, 9.17) is 43.4 Å². The lowest BCUT2D eigenvalue weighted by Gasteiger charge is -2.17. The van der Waals surface area contributed by atoms with Crippen molar-refractivity contribution < 1.29 is 58.1 Å². The monoisotopic (exact) mass is 958 g/mol. The van der Waals surface area contributed by atoms with Crippen LogP contribution in [0.25, 0.3) is 34.2 Å². The maximum atomic E-state index is 12.6. The molecule has 0 aliphatic carbocycles. The zero-order chi connectivity index (χ0) is 50.5. The molecule has 0 radical (unpaired) electrons. The Bertz CT molecular complexity index is 2040. The van der Waals surface area contributed by atoms with Crippen LogP contribution < -0.4 is 14.2 Å². The van der Waals surface area contributed by atoms with E-state index >= 15 is 0 Å². The number of nitrogens with zero attached hydrogens (tertiary/aromatic N) is 3. The second-order valence-electron chi connectivity index (χ2n) is 17.4. The zero-order valence-electron chi connectivity index (χ0n) is 42.3. The van der Waals surface area contributed by atoms with Gasteiger partial charge in [-0.3, -0.25) is 14.4 Å². The third kappa shape index (κ3) is 15.4. The molecule has 0 fully saturated rings. The molecule has 0 spiro atoms. The van der Waals surface area contributed by atoms with Gasteiger partial charge in [0.2, 0.25) is 0 Å². The summed E-state index contributed by atoms with van der Waals surface area (Å²) in [6.45, 7) is 17.5. The van der Waals surface area contributed by atoms with E-state index in [1.165, 1.54) is 0 Å². The first-order valence-electron chi connectivity index (χ1n) is 24.9. The normalized spacial score (nSPS) is 12.5. The summed E-state index contributed by atoms with van der Waals surface area (Å²) in [6.07, 6.45) is 10.3. The molecular formula is C54H75N3O12. The fraction of sp³-hybridized carbons (Fsp3) is 0.556. The van der Waals surface area contributed by atoms with Crippen LogP contribution in [0, 0.1) is 38.5 Å². The SMILES string of the molecule is CCCCC(CC)C(=O)OCCOc1ccc(-c2nc(-c3ccc(OCCOC(=O)C(CC)CCCC)c(C)c3O)nc(-c3ccc(OCCOC(=O)C(CC)CCCC)c(C)c3O)n2)c(O)c1C. The number of unbranched alkanes of at least 4 members (excludes halogenated alkanes) is 3. The van der Waals surface area contributed by atoms with Gasteiger partial charge in [0.15, 0.2) is 17.5 Å². The van der Waals surface area contributed by atoms with Gasteiger partial charge in [0.1, 0.15) is 74.1 Å². The molecule has 4 aromatic rings. The summed E-state index contributed by atoms with van der Waals surface area (Å²) in [4.78, 5) is 52.1. The van der Waals surface area contributed by atoms with E-state index in [2.05, 4.69) is 20.8 Å². The van der Waals surface area contributed by atoms with Gasteiger partial charge in [-0.1, -0.05) is 80.1 Å². The van der Waals surface area contributed by atoms with Crippen LogP contribution in [0.4, 0.5) is 0 Å². The highest BCUT2D eigenvalue weighted by molar-refractivity contribution is 5.77. The average molecular weight is 958 g/mol. The Hall–Kier alpha value is -6.12. The van der Waals surface area contributed by atoms with Crippen molar-refractivity contribution in [2.45, 2.75) is 139 Å². The summed E-state index contributed by atoms with van der Waals surface area (Å²) in [5, 5.41) is 34.9. The van der Waals surface area contributed by atoms with E-state index in [0.717, 1.165) is 57.8 Å². The van der Waals surface area contributed by atoms with Crippen molar-refractivity contribution in [1.82, 2.24) is 15.0 Å². The minimum Gasteiger partial charge on any atom is -0.507 e. The van der Waals surface area contributed by atoms with Crippen LogP contribution in [-0.4, -0.2) is 87.8 Å². The van der Waals surface area contributed by atoms with E-state index in [0.29, 0.717) is 53.2 Å². The van der Waals surface area contributed by atoms with Crippen LogP contribution in [0.2, 0.25) is 0 Å². The maximum Gasteiger partial charge on any atom is 0.309 e. The van der Waals surface area contributed by atoms with Crippen molar-refractivity contribution in [1.29, 1.82) is 0 Å². The molecule has 3 aromatic carbocycles. The van der Waals surface area contributed by atoms with Crippen molar-refractivity contribution >= 4 is 17.9 Å². The molecule has 69 heavy (non-hydrogen) atoms. The van der Waals surface area contributed by atoms with Gasteiger partial charge in [-0.05, 0) is 95.7 Å². The Labute approximate surface area is 408 Å². The van der Waals surface area contributed by atoms with Gasteiger partial charge < -0.3 is 43.7 Å². The molecule has 0 aliphatic heterocycles. The number of benzene rings is 3. The number of hydrogen-bond donors (Lipinski definition) is 3. The predicted molar refractivity (Wildman–Crippen MR) is 265 cm³/mol. The largest absolute Gasteiger partial charge is 0.507 e. The second kappa shape index (κ2) is 28.4. The van der Waals surface area contributed by atoms with Crippen molar-refractivity contribution in [3.63, 3.8) is 0 Å². The first-order valence-corrected chi connectivity index (χ1v) is 24.9. The van der Waals surface area contributed by atoms with Crippen molar-refractivity contribution in [3.8, 4) is 68.7 Å². The van der Waals surface area contributed by atoms with Gasteiger partial charge in [0, 0.05) is 16.7 Å². The van der Waals surface area contributed by atoms with E-state index in [1.54, 1.807) is 57.2 Å². The van der Waals surface area contributed by atoms with Crippen LogP contribution in [0.1, 0.15) is 135 Å². The minimum atomic E-state index is -0.251. The van der Waals surface area contributed by atoms with Gasteiger partial charge >= 0.3 is 17.9 Å². The van der Waals surface area contributed by atoms with E-state index < -0.39 is 0 Å². The van der Waals surface area contributed by atoms with Crippen LogP contribution in [-0.2, 0) is 28.6 Å². The number of ether oxygens (including phenoxy) is 6. The summed E-state index contributed by atoms with van der Waals surface area (Å²) < 4.78 is 34.3. The first-order chi connectivity index (χ1) is 33.2. The third-order valence-electron chi connectivity index (χ3n) is 12.5. The van der Waals surface area contributed by atoms with Gasteiger partial charge in [-0.15, -0.1) is 0 Å². The molecule has 3 N–H and O–H groups in total. The Kier molecular flexibility index (Phi) is 22.8. The number of aromatic hydroxyl groups is 3. The van der Waals surface area contributed by atoms with E-state index in [1.807, 2.05) is 20.8 Å². The highest BCUT2D eigenvalue weighted by Crippen LogP contribution is 2.42. The number of phenolic OH excluding ortho intramolecular Hbond substituents is 3. The standard InChI is InChI=1S/C54H75N3O12/c1-10-16-19-37(13-4)52(61)67-31-28-64-43-25-22-40(46(58)34(43)7)49-55-50(41-23-26-44(35(8)47(41)59)65-29-32-68-53(62)38(14-5)20-17-11-2)57-51(56-49)42-24-27-45(36(9)48(42)60)66-30-33-69-54(63)39(15-6)21-18-12-3/h22-27,37-39,58-60H,10-21,28-33H2,1-9H3. The quantitative estimate of drug-likeness (QED) is 0.0252. The topological polar surface area (TPSA) is 206 Å². The van der Waals surface area contributed by atoms with E-state index in [-0.39, 0.29) is 127 Å². The molecule has 4 rings (SSSR count). The van der Waals surface area contributed by atoms with Crippen LogP contribution >= 0.6 is 0 Å². The second-order valence-corrected chi connectivity index (χ2v) is 17.4. The molecule has 378 valence electrons. The molecule has 3 unspecified atom stereocenters. The van der Waals surface area contributed by atoms with Crippen LogP contribution in [0.15, 0.2) is 36.4 Å². The molecule has 1 heterocycles. The number of aromatic nitrogens is 3. The summed E-state index contributed by atoms with van der Waals surface area (Å²) in [6, 6.07) is 9.74. The smallest absolute Gasteiger partial charge is 0.309 e. The Morgan fingerprint density at radius 2 is 0.696 bits per heavy atom. The Morgan fingerprint density at radius 3 is 0.928 bits per heavy atom. The highest BCUT2D eigenvalue weighted by atomic mass is 16.6. The first kappa shape index (κ1) is 55.5. The fourth-order valence-corrected chi connectivity index (χ4v) is 7.85. The zero-order valence-corrected chi connectivity index (χ0v) is 42.3. The molecule has 1 aromatic heterocycles. The lowest BCUT2D eigenvalue weighted by Crippen LogP contribution is -2.20. The molecule has 0 saturated carbocycles. The summed E-state index contributed by atoms with van der Waals surface area (Å²) in [5.74, 6) is -0.604. The predicted octanol–water partition coefficient (Wildman–Crippen LogP) is 11.3. The summed E-state index contributed by atoms with van der Waals surface area (Å²) in [7, 11) is 0. The maximum absolute atomic E-state index is 12.6. The van der Waals surface area contributed by atoms with E-state index in [9.17, 15) is 29.7 Å². The molecule has 15 heteroatoms. The summed E-state index contributed by atoms with van der Waals surface area (Å²) >= 11 is 0. The molecule has 0 saturated heterocycles. The molecule has 0 bridgehead atoms. The third-order valence-corrected chi connectivity index (χ3v) is 12.5. The number of carbonyl (C=O) groups excluding carboxylic acids is 3. The summed E-state index contributed by atoms with van der Waals surface area (Å²) in [5.41, 5.74) is 1.79. The van der Waals surface area contributed by atoms with Crippen molar-refractivity contribution in [2.24, 2.45) is 17.8 Å². The average Bonchev–Trinajstić information content (AvgIpc) is 3.34. The van der Waals surface area contributed by atoms with Gasteiger partial charge in [0.05, 0.1) is 34.4 Å². The van der Waals surface area contributed by atoms with Crippen molar-refractivity contribution in [2.75, 3.05) is 39.6 Å². The molecule has 15 nitrogen and oxygen atoms in total. The molecule has 0 aliphatic rings. The molecule has 3 atom stereocenters. The van der Waals surface area contributed by atoms with Crippen LogP contribution in [0.5, 0.6) is 34.5 Å². The number of hydrogen-bond acceptors (Lipinski definition) is 15. The Morgan fingerprint density at radius 1 is 0.435 bits per heavy atom. The number of phenols is 3. The molecule has 0 amide bonds. The fourth-order valence-electron chi connectivity index (χ4n) is 7.85. The number of esters is 3. The van der Waals surface area contributed by atoms with Gasteiger partial charge in [-0.2, -0.15) is 0 Å². The number of rotatable bonds is 30. The Balaban J connectivity index is 1.64. The number of carbonyl (C=O) groups is 3. The minimum absolute atomic E-state index is 0.0285. The van der Waals surface area contributed by atoms with Crippen LogP contribution in [0.3, 0.4) is 0 Å². The van der Waals surface area contributed by atoms with Gasteiger partial charge in [-0.25, -0.2) is 15.0 Å². The highest BCUT2D eigenvalue weighted by Gasteiger charge is 2.24.